The van der Waals surface area contributed by atoms with Gasteiger partial charge < -0.3 is 11.1 Å². The molecule has 94 valence electrons. The molecule has 1 fully saturated rings. The summed E-state index contributed by atoms with van der Waals surface area (Å²) in [5, 5.41) is 7.44. The van der Waals surface area contributed by atoms with Gasteiger partial charge in [-0.2, -0.15) is 5.10 Å². The third-order valence-electron chi connectivity index (χ3n) is 3.69. The minimum Gasteiger partial charge on any atom is -0.368 e. The summed E-state index contributed by atoms with van der Waals surface area (Å²) in [6.07, 6.45) is 2.33. The van der Waals surface area contributed by atoms with Crippen LogP contribution in [0.1, 0.15) is 37.0 Å². The summed E-state index contributed by atoms with van der Waals surface area (Å²) in [6, 6.07) is 0.205. The minimum absolute atomic E-state index is 0.205. The standard InChI is InChI=1S/C11H19N5O/c1-7-14-8(2)16(15-7)9-4-5-11(6-9,13-3)10(12)17/h9,13H,4-6H2,1-3H3,(H2,12,17). The molecule has 6 heteroatoms. The Morgan fingerprint density at radius 1 is 1.59 bits per heavy atom. The maximum Gasteiger partial charge on any atom is 0.237 e. The fourth-order valence-corrected chi connectivity index (χ4v) is 2.68. The first-order chi connectivity index (χ1) is 7.98. The van der Waals surface area contributed by atoms with Crippen molar-refractivity contribution in [2.24, 2.45) is 5.73 Å². The van der Waals surface area contributed by atoms with Crippen LogP contribution in [0, 0.1) is 13.8 Å². The highest BCUT2D eigenvalue weighted by atomic mass is 16.1. The molecule has 2 rings (SSSR count). The van der Waals surface area contributed by atoms with Gasteiger partial charge in [0.15, 0.2) is 0 Å². The van der Waals surface area contributed by atoms with Crippen LogP contribution in [-0.2, 0) is 4.79 Å². The third kappa shape index (κ3) is 1.93. The Hall–Kier alpha value is -1.43. The summed E-state index contributed by atoms with van der Waals surface area (Å²) in [4.78, 5) is 15.8. The molecule has 0 radical (unpaired) electrons. The zero-order valence-electron chi connectivity index (χ0n) is 10.5. The Kier molecular flexibility index (Phi) is 2.91. The first kappa shape index (κ1) is 12.0. The number of likely N-dealkylation sites (N-methyl/N-ethyl adjacent to an activating group) is 1. The normalized spacial score (nSPS) is 28.5. The summed E-state index contributed by atoms with van der Waals surface area (Å²) >= 11 is 0. The molecule has 2 unspecified atom stereocenters. The number of aromatic nitrogens is 3. The van der Waals surface area contributed by atoms with E-state index in [4.69, 9.17) is 5.73 Å². The summed E-state index contributed by atoms with van der Waals surface area (Å²) in [5.41, 5.74) is 4.89. The highest BCUT2D eigenvalue weighted by Crippen LogP contribution is 2.37. The van der Waals surface area contributed by atoms with E-state index in [1.165, 1.54) is 0 Å². The number of nitrogens with zero attached hydrogens (tertiary/aromatic N) is 3. The van der Waals surface area contributed by atoms with Crippen LogP contribution in [0.4, 0.5) is 0 Å². The highest BCUT2D eigenvalue weighted by molar-refractivity contribution is 5.85. The van der Waals surface area contributed by atoms with E-state index in [1.54, 1.807) is 7.05 Å². The average Bonchev–Trinajstić information content (AvgIpc) is 2.82. The number of primary amides is 1. The van der Waals surface area contributed by atoms with Gasteiger partial charge in [-0.3, -0.25) is 4.79 Å². The number of nitrogens with one attached hydrogen (secondary N) is 1. The molecular formula is C11H19N5O. The van der Waals surface area contributed by atoms with Gasteiger partial charge in [0.2, 0.25) is 5.91 Å². The van der Waals surface area contributed by atoms with E-state index < -0.39 is 5.54 Å². The van der Waals surface area contributed by atoms with E-state index in [2.05, 4.69) is 15.4 Å². The van der Waals surface area contributed by atoms with E-state index in [1.807, 2.05) is 18.5 Å². The number of aryl methyl sites for hydroxylation is 2. The number of carbonyl (C=O) groups is 1. The summed E-state index contributed by atoms with van der Waals surface area (Å²) in [5.74, 6) is 1.38. The average molecular weight is 237 g/mol. The molecule has 0 saturated heterocycles. The van der Waals surface area contributed by atoms with Gasteiger partial charge >= 0.3 is 0 Å². The third-order valence-corrected chi connectivity index (χ3v) is 3.69. The van der Waals surface area contributed by atoms with Crippen molar-refractivity contribution in [1.29, 1.82) is 0 Å². The molecule has 2 atom stereocenters. The number of rotatable bonds is 3. The van der Waals surface area contributed by atoms with Gasteiger partial charge in [-0.25, -0.2) is 9.67 Å². The molecule has 1 aliphatic carbocycles. The monoisotopic (exact) mass is 237 g/mol. The smallest absolute Gasteiger partial charge is 0.237 e. The first-order valence-electron chi connectivity index (χ1n) is 5.87. The Morgan fingerprint density at radius 3 is 2.71 bits per heavy atom. The molecule has 0 bridgehead atoms. The van der Waals surface area contributed by atoms with Gasteiger partial charge in [-0.05, 0) is 40.2 Å². The van der Waals surface area contributed by atoms with Gasteiger partial charge in [0.25, 0.3) is 0 Å². The summed E-state index contributed by atoms with van der Waals surface area (Å²) < 4.78 is 1.91. The molecule has 1 heterocycles. The Balaban J connectivity index is 2.23. The van der Waals surface area contributed by atoms with E-state index in [9.17, 15) is 4.79 Å². The van der Waals surface area contributed by atoms with Crippen molar-refractivity contribution in [1.82, 2.24) is 20.1 Å². The Bertz CT molecular complexity index is 441. The molecule has 1 aromatic heterocycles. The molecule has 1 aliphatic rings. The van der Waals surface area contributed by atoms with Crippen molar-refractivity contribution in [3.63, 3.8) is 0 Å². The number of nitrogens with two attached hydrogens (primary N) is 1. The predicted molar refractivity (Wildman–Crippen MR) is 63.4 cm³/mol. The van der Waals surface area contributed by atoms with Crippen LogP contribution < -0.4 is 11.1 Å². The van der Waals surface area contributed by atoms with Crippen molar-refractivity contribution in [3.8, 4) is 0 Å². The largest absolute Gasteiger partial charge is 0.368 e. The molecule has 3 N–H and O–H groups in total. The molecule has 17 heavy (non-hydrogen) atoms. The number of hydrogen-bond donors (Lipinski definition) is 2. The van der Waals surface area contributed by atoms with Crippen LogP contribution in [0.3, 0.4) is 0 Å². The fraction of sp³-hybridized carbons (Fsp3) is 0.727. The predicted octanol–water partition coefficient (Wildman–Crippen LogP) is 0.0634. The number of amides is 1. The van der Waals surface area contributed by atoms with E-state index in [-0.39, 0.29) is 11.9 Å². The lowest BCUT2D eigenvalue weighted by atomic mass is 9.97. The zero-order chi connectivity index (χ0) is 12.6. The van der Waals surface area contributed by atoms with E-state index in [0.717, 1.165) is 24.5 Å². The van der Waals surface area contributed by atoms with Crippen LogP contribution in [0.25, 0.3) is 0 Å². The molecule has 0 aliphatic heterocycles. The van der Waals surface area contributed by atoms with Gasteiger partial charge in [-0.1, -0.05) is 0 Å². The van der Waals surface area contributed by atoms with Crippen LogP contribution in [0.2, 0.25) is 0 Å². The molecule has 1 aromatic rings. The lowest BCUT2D eigenvalue weighted by Crippen LogP contribution is -2.52. The molecular weight excluding hydrogens is 218 g/mol. The second-order valence-electron chi connectivity index (χ2n) is 4.74. The van der Waals surface area contributed by atoms with Gasteiger partial charge in [0, 0.05) is 0 Å². The first-order valence-corrected chi connectivity index (χ1v) is 5.87. The Morgan fingerprint density at radius 2 is 2.29 bits per heavy atom. The van der Waals surface area contributed by atoms with Crippen molar-refractivity contribution in [3.05, 3.63) is 11.6 Å². The second kappa shape index (κ2) is 4.10. The molecule has 6 nitrogen and oxygen atoms in total. The van der Waals surface area contributed by atoms with Crippen LogP contribution in [-0.4, -0.2) is 33.3 Å². The van der Waals surface area contributed by atoms with Gasteiger partial charge in [0.05, 0.1) is 11.6 Å². The summed E-state index contributed by atoms with van der Waals surface area (Å²) in [7, 11) is 1.78. The quantitative estimate of drug-likeness (QED) is 0.778. The van der Waals surface area contributed by atoms with Crippen LogP contribution in [0.15, 0.2) is 0 Å². The fourth-order valence-electron chi connectivity index (χ4n) is 2.68. The lowest BCUT2D eigenvalue weighted by Gasteiger charge is -2.24. The SMILES string of the molecule is CNC1(C(N)=O)CCC(n2nc(C)nc2C)C1. The van der Waals surface area contributed by atoms with Crippen LogP contribution >= 0.6 is 0 Å². The zero-order valence-corrected chi connectivity index (χ0v) is 10.5. The minimum atomic E-state index is -0.586. The molecule has 1 saturated carbocycles. The van der Waals surface area contributed by atoms with Crippen LogP contribution in [0.5, 0.6) is 0 Å². The maximum atomic E-state index is 11.5. The number of hydrogen-bond acceptors (Lipinski definition) is 4. The molecule has 0 spiro atoms. The lowest BCUT2D eigenvalue weighted by molar-refractivity contribution is -0.124. The Labute approximate surface area is 101 Å². The van der Waals surface area contributed by atoms with Crippen molar-refractivity contribution in [2.45, 2.75) is 44.7 Å². The van der Waals surface area contributed by atoms with Crippen molar-refractivity contribution >= 4 is 5.91 Å². The van der Waals surface area contributed by atoms with Crippen molar-refractivity contribution < 1.29 is 4.79 Å². The highest BCUT2D eigenvalue weighted by Gasteiger charge is 2.44. The summed E-state index contributed by atoms with van der Waals surface area (Å²) in [6.45, 7) is 3.81. The number of carbonyl (C=O) groups excluding carboxylic acids is 1. The maximum absolute atomic E-state index is 11.5. The topological polar surface area (TPSA) is 85.8 Å². The van der Waals surface area contributed by atoms with Gasteiger partial charge in [-0.15, -0.1) is 0 Å². The van der Waals surface area contributed by atoms with E-state index >= 15 is 0 Å². The molecule has 1 amide bonds. The molecule has 0 aromatic carbocycles. The van der Waals surface area contributed by atoms with Crippen molar-refractivity contribution in [2.75, 3.05) is 7.05 Å². The van der Waals surface area contributed by atoms with Gasteiger partial charge in [0.1, 0.15) is 11.6 Å². The van der Waals surface area contributed by atoms with E-state index in [0.29, 0.717) is 6.42 Å². The second-order valence-corrected chi connectivity index (χ2v) is 4.74.